The second kappa shape index (κ2) is 6.32. The molecule has 1 N–H and O–H groups in total. The van der Waals surface area contributed by atoms with Crippen LogP contribution in [0.15, 0.2) is 30.3 Å². The molecule has 1 aromatic heterocycles. The van der Waals surface area contributed by atoms with Crippen LogP contribution in [0.5, 0.6) is 0 Å². The summed E-state index contributed by atoms with van der Waals surface area (Å²) in [6, 6.07) is 10.2. The first-order chi connectivity index (χ1) is 10.6. The maximum Gasteiger partial charge on any atom is 0.231 e. The first-order valence-corrected chi connectivity index (χ1v) is 7.60. The van der Waals surface area contributed by atoms with E-state index in [0.717, 1.165) is 17.9 Å². The molecule has 1 aromatic carbocycles. The van der Waals surface area contributed by atoms with Crippen LogP contribution < -0.4 is 5.32 Å². The Morgan fingerprint density at radius 2 is 2.27 bits per heavy atom. The van der Waals surface area contributed by atoms with Crippen molar-refractivity contribution in [2.75, 3.05) is 18.5 Å². The predicted octanol–water partition coefficient (Wildman–Crippen LogP) is 2.52. The lowest BCUT2D eigenvalue weighted by atomic mass is 10.1. The third-order valence-corrected chi connectivity index (χ3v) is 3.87. The minimum Gasteiger partial charge on any atom is -0.381 e. The number of carbonyl (C=O) groups is 1. The smallest absolute Gasteiger partial charge is 0.231 e. The molecule has 0 saturated carbocycles. The van der Waals surface area contributed by atoms with Gasteiger partial charge in [-0.2, -0.15) is 5.10 Å². The first-order valence-electron chi connectivity index (χ1n) is 7.60. The molecule has 0 spiro atoms. The van der Waals surface area contributed by atoms with Gasteiger partial charge in [-0.05, 0) is 25.8 Å². The fourth-order valence-corrected chi connectivity index (χ4v) is 2.72. The number of carbonyl (C=O) groups excluding carboxylic acids is 1. The molecular weight excluding hydrogens is 278 g/mol. The van der Waals surface area contributed by atoms with Crippen LogP contribution in [0.25, 0.3) is 0 Å². The zero-order chi connectivity index (χ0) is 15.5. The van der Waals surface area contributed by atoms with Crippen LogP contribution in [0.1, 0.15) is 23.2 Å². The van der Waals surface area contributed by atoms with Crippen LogP contribution in [0.3, 0.4) is 0 Å². The van der Waals surface area contributed by atoms with E-state index in [1.54, 1.807) is 0 Å². The highest BCUT2D eigenvalue weighted by Gasteiger charge is 2.24. The molecule has 1 fully saturated rings. The van der Waals surface area contributed by atoms with Crippen molar-refractivity contribution in [3.8, 4) is 0 Å². The third-order valence-electron chi connectivity index (χ3n) is 3.87. The molecule has 5 heteroatoms. The number of hydrogen-bond acceptors (Lipinski definition) is 3. The van der Waals surface area contributed by atoms with Crippen LogP contribution in [0.2, 0.25) is 0 Å². The Balaban J connectivity index is 1.76. The molecule has 0 bridgehead atoms. The van der Waals surface area contributed by atoms with Gasteiger partial charge in [-0.15, -0.1) is 0 Å². The molecule has 1 aliphatic heterocycles. The SMILES string of the molecule is Cc1cccc(Cn2nc(C)cc2NC(=O)C2CCOC2)c1. The zero-order valence-corrected chi connectivity index (χ0v) is 13.0. The van der Waals surface area contributed by atoms with Gasteiger partial charge in [0.1, 0.15) is 5.82 Å². The van der Waals surface area contributed by atoms with E-state index in [9.17, 15) is 4.79 Å². The van der Waals surface area contributed by atoms with Gasteiger partial charge in [0.25, 0.3) is 0 Å². The van der Waals surface area contributed by atoms with Crippen molar-refractivity contribution >= 4 is 11.7 Å². The maximum absolute atomic E-state index is 12.3. The van der Waals surface area contributed by atoms with Crippen molar-refractivity contribution < 1.29 is 9.53 Å². The molecule has 0 aliphatic carbocycles. The van der Waals surface area contributed by atoms with Crippen LogP contribution in [0.4, 0.5) is 5.82 Å². The lowest BCUT2D eigenvalue weighted by Gasteiger charge is -2.12. The Hall–Kier alpha value is -2.14. The van der Waals surface area contributed by atoms with Crippen LogP contribution in [0, 0.1) is 19.8 Å². The van der Waals surface area contributed by atoms with E-state index < -0.39 is 0 Å². The van der Waals surface area contributed by atoms with Crippen molar-refractivity contribution in [1.29, 1.82) is 0 Å². The van der Waals surface area contributed by atoms with E-state index >= 15 is 0 Å². The highest BCUT2D eigenvalue weighted by molar-refractivity contribution is 5.92. The monoisotopic (exact) mass is 299 g/mol. The number of hydrogen-bond donors (Lipinski definition) is 1. The van der Waals surface area contributed by atoms with Gasteiger partial charge in [-0.1, -0.05) is 29.8 Å². The summed E-state index contributed by atoms with van der Waals surface area (Å²) < 4.78 is 7.12. The highest BCUT2D eigenvalue weighted by Crippen LogP contribution is 2.18. The van der Waals surface area contributed by atoms with E-state index in [-0.39, 0.29) is 11.8 Å². The van der Waals surface area contributed by atoms with Gasteiger partial charge >= 0.3 is 0 Å². The van der Waals surface area contributed by atoms with Crippen LogP contribution in [-0.2, 0) is 16.1 Å². The molecule has 1 unspecified atom stereocenters. The zero-order valence-electron chi connectivity index (χ0n) is 13.0. The van der Waals surface area contributed by atoms with Crippen molar-refractivity contribution in [1.82, 2.24) is 9.78 Å². The molecule has 0 radical (unpaired) electrons. The number of nitrogens with one attached hydrogen (secondary N) is 1. The average molecular weight is 299 g/mol. The van der Waals surface area contributed by atoms with Gasteiger partial charge in [0.15, 0.2) is 0 Å². The Morgan fingerprint density at radius 1 is 1.41 bits per heavy atom. The quantitative estimate of drug-likeness (QED) is 0.944. The Morgan fingerprint density at radius 3 is 3.00 bits per heavy atom. The van der Waals surface area contributed by atoms with Crippen molar-refractivity contribution in [2.24, 2.45) is 5.92 Å². The number of benzene rings is 1. The van der Waals surface area contributed by atoms with Gasteiger partial charge in [-0.25, -0.2) is 4.68 Å². The maximum atomic E-state index is 12.3. The first kappa shape index (κ1) is 14.8. The molecule has 5 nitrogen and oxygen atoms in total. The lowest BCUT2D eigenvalue weighted by molar-refractivity contribution is -0.119. The summed E-state index contributed by atoms with van der Waals surface area (Å²) in [7, 11) is 0. The van der Waals surface area contributed by atoms with E-state index in [0.29, 0.717) is 19.8 Å². The molecule has 22 heavy (non-hydrogen) atoms. The minimum atomic E-state index is -0.0531. The van der Waals surface area contributed by atoms with Gasteiger partial charge in [-0.3, -0.25) is 4.79 Å². The molecule has 2 heterocycles. The summed E-state index contributed by atoms with van der Waals surface area (Å²) in [4.78, 5) is 12.3. The highest BCUT2D eigenvalue weighted by atomic mass is 16.5. The minimum absolute atomic E-state index is 0.0166. The lowest BCUT2D eigenvalue weighted by Crippen LogP contribution is -2.24. The largest absolute Gasteiger partial charge is 0.381 e. The van der Waals surface area contributed by atoms with Crippen LogP contribution in [-0.4, -0.2) is 28.9 Å². The number of amides is 1. The Kier molecular flexibility index (Phi) is 4.24. The summed E-state index contributed by atoms with van der Waals surface area (Å²) in [5, 5.41) is 7.48. The van der Waals surface area contributed by atoms with Gasteiger partial charge in [0.05, 0.1) is 24.8 Å². The number of ether oxygens (including phenoxy) is 1. The molecular formula is C17H21N3O2. The van der Waals surface area contributed by atoms with Crippen molar-refractivity contribution in [3.63, 3.8) is 0 Å². The van der Waals surface area contributed by atoms with E-state index in [1.165, 1.54) is 11.1 Å². The Bertz CT molecular complexity index is 672. The molecule has 1 amide bonds. The molecule has 1 atom stereocenters. The van der Waals surface area contributed by atoms with Gasteiger partial charge in [0, 0.05) is 12.7 Å². The normalized spacial score (nSPS) is 17.6. The summed E-state index contributed by atoms with van der Waals surface area (Å²) >= 11 is 0. The van der Waals surface area contributed by atoms with Gasteiger partial charge in [0.2, 0.25) is 5.91 Å². The second-order valence-electron chi connectivity index (χ2n) is 5.87. The number of aromatic nitrogens is 2. The topological polar surface area (TPSA) is 56.2 Å². The molecule has 116 valence electrons. The Labute approximate surface area is 130 Å². The predicted molar refractivity (Wildman–Crippen MR) is 84.8 cm³/mol. The van der Waals surface area contributed by atoms with Crippen molar-refractivity contribution in [2.45, 2.75) is 26.8 Å². The number of anilines is 1. The molecule has 1 saturated heterocycles. The van der Waals surface area contributed by atoms with E-state index in [4.69, 9.17) is 4.74 Å². The second-order valence-corrected chi connectivity index (χ2v) is 5.87. The van der Waals surface area contributed by atoms with Crippen molar-refractivity contribution in [3.05, 3.63) is 47.2 Å². The third kappa shape index (κ3) is 3.36. The summed E-state index contributed by atoms with van der Waals surface area (Å²) in [5.41, 5.74) is 3.28. The molecule has 2 aromatic rings. The van der Waals surface area contributed by atoms with Crippen LogP contribution >= 0.6 is 0 Å². The van der Waals surface area contributed by atoms with E-state index in [2.05, 4.69) is 35.5 Å². The van der Waals surface area contributed by atoms with Gasteiger partial charge < -0.3 is 10.1 Å². The number of rotatable bonds is 4. The molecule has 3 rings (SSSR count). The van der Waals surface area contributed by atoms with E-state index in [1.807, 2.05) is 23.7 Å². The average Bonchev–Trinajstić information content (AvgIpc) is 3.09. The standard InChI is InChI=1S/C17H21N3O2/c1-12-4-3-5-14(8-12)10-20-16(9-13(2)19-20)18-17(21)15-6-7-22-11-15/h3-5,8-9,15H,6-7,10-11H2,1-2H3,(H,18,21). The number of aryl methyl sites for hydroxylation is 2. The summed E-state index contributed by atoms with van der Waals surface area (Å²) in [5.74, 6) is 0.710. The summed E-state index contributed by atoms with van der Waals surface area (Å²) in [6.45, 7) is 5.82. The fraction of sp³-hybridized carbons (Fsp3) is 0.412. The fourth-order valence-electron chi connectivity index (χ4n) is 2.72. The summed E-state index contributed by atoms with van der Waals surface area (Å²) in [6.07, 6.45) is 0.789. The molecule has 1 aliphatic rings. The number of nitrogens with zero attached hydrogens (tertiary/aromatic N) is 2.